The molecule has 2 atom stereocenters. The third-order valence-electron chi connectivity index (χ3n) is 4.41. The monoisotopic (exact) mass is 335 g/mol. The van der Waals surface area contributed by atoms with E-state index in [2.05, 4.69) is 29.4 Å². The third-order valence-corrected chi connectivity index (χ3v) is 4.41. The molecule has 0 spiro atoms. The van der Waals surface area contributed by atoms with Crippen LogP contribution in [0.3, 0.4) is 0 Å². The number of nitrogens with zero attached hydrogens (tertiary/aromatic N) is 1. The van der Waals surface area contributed by atoms with Gasteiger partial charge in [0.1, 0.15) is 12.4 Å². The second-order valence-electron chi connectivity index (χ2n) is 6.05. The zero-order chi connectivity index (χ0) is 17.4. The van der Waals surface area contributed by atoms with Gasteiger partial charge in [-0.25, -0.2) is 0 Å². The minimum Gasteiger partial charge on any atom is -0.492 e. The van der Waals surface area contributed by atoms with E-state index in [0.29, 0.717) is 26.1 Å². The summed E-state index contributed by atoms with van der Waals surface area (Å²) in [4.78, 5) is 14.4. The van der Waals surface area contributed by atoms with Crippen LogP contribution >= 0.6 is 0 Å². The van der Waals surface area contributed by atoms with Crippen LogP contribution in [-0.2, 0) is 11.3 Å². The van der Waals surface area contributed by atoms with Crippen molar-refractivity contribution in [1.29, 1.82) is 0 Å². The van der Waals surface area contributed by atoms with Gasteiger partial charge >= 0.3 is 0 Å². The molecule has 0 bridgehead atoms. The maximum absolute atomic E-state index is 12.1. The van der Waals surface area contributed by atoms with E-state index in [9.17, 15) is 9.90 Å². The van der Waals surface area contributed by atoms with Crippen molar-refractivity contribution in [3.05, 3.63) is 29.8 Å². The summed E-state index contributed by atoms with van der Waals surface area (Å²) < 4.78 is 5.90. The van der Waals surface area contributed by atoms with Gasteiger partial charge in [0.25, 0.3) is 0 Å². The molecule has 0 aromatic heterocycles. The largest absolute Gasteiger partial charge is 0.492 e. The van der Waals surface area contributed by atoms with Gasteiger partial charge in [-0.15, -0.1) is 0 Å². The standard InChI is InChI=1S/C18H29N3O3/c1-3-21(4-2)9-10-24-17-8-6-5-7-14(17)12-20-18(23)16-11-15(22)13-19-16/h5-8,15-16,19,22H,3-4,9-13H2,1-2H3,(H,20,23). The summed E-state index contributed by atoms with van der Waals surface area (Å²) in [7, 11) is 0. The number of aliphatic hydroxyl groups is 1. The molecule has 1 aliphatic heterocycles. The SMILES string of the molecule is CCN(CC)CCOc1ccccc1CNC(=O)C1CC(O)CN1. The van der Waals surface area contributed by atoms with Crippen molar-refractivity contribution in [2.75, 3.05) is 32.8 Å². The number of β-amino-alcohol motifs (C(OH)–C–C–N with tert-alkyl or cyclic N) is 1. The third kappa shape index (κ3) is 5.47. The van der Waals surface area contributed by atoms with Crippen molar-refractivity contribution in [3.8, 4) is 5.75 Å². The van der Waals surface area contributed by atoms with Crippen molar-refractivity contribution in [2.45, 2.75) is 39.0 Å². The zero-order valence-electron chi connectivity index (χ0n) is 14.6. The van der Waals surface area contributed by atoms with Crippen molar-refractivity contribution in [1.82, 2.24) is 15.5 Å². The molecule has 2 unspecified atom stereocenters. The van der Waals surface area contributed by atoms with Crippen LogP contribution in [-0.4, -0.2) is 60.8 Å². The Kier molecular flexibility index (Phi) is 7.49. The Balaban J connectivity index is 1.83. The molecule has 1 saturated heterocycles. The van der Waals surface area contributed by atoms with E-state index in [1.165, 1.54) is 0 Å². The summed E-state index contributed by atoms with van der Waals surface area (Å²) in [5.41, 5.74) is 0.962. The molecule has 6 heteroatoms. The Labute approximate surface area is 144 Å². The molecule has 1 amide bonds. The van der Waals surface area contributed by atoms with Crippen LogP contribution in [0.5, 0.6) is 5.75 Å². The highest BCUT2D eigenvalue weighted by atomic mass is 16.5. The second-order valence-corrected chi connectivity index (χ2v) is 6.05. The molecule has 0 aliphatic carbocycles. The predicted octanol–water partition coefficient (Wildman–Crippen LogP) is 0.746. The van der Waals surface area contributed by atoms with E-state index in [0.717, 1.165) is 30.9 Å². The highest BCUT2D eigenvalue weighted by molar-refractivity contribution is 5.82. The lowest BCUT2D eigenvalue weighted by Gasteiger charge is -2.19. The maximum atomic E-state index is 12.1. The van der Waals surface area contributed by atoms with Gasteiger partial charge in [0.2, 0.25) is 5.91 Å². The minimum absolute atomic E-state index is 0.0792. The lowest BCUT2D eigenvalue weighted by molar-refractivity contribution is -0.123. The number of aliphatic hydroxyl groups excluding tert-OH is 1. The zero-order valence-corrected chi connectivity index (χ0v) is 14.6. The fraction of sp³-hybridized carbons (Fsp3) is 0.611. The van der Waals surface area contributed by atoms with Gasteiger partial charge in [-0.05, 0) is 25.6 Å². The molecule has 2 rings (SSSR count). The Morgan fingerprint density at radius 3 is 2.79 bits per heavy atom. The summed E-state index contributed by atoms with van der Waals surface area (Å²) in [5, 5.41) is 15.4. The molecular formula is C18H29N3O3. The molecule has 0 saturated carbocycles. The number of likely N-dealkylation sites (N-methyl/N-ethyl adjacent to an activating group) is 1. The van der Waals surface area contributed by atoms with E-state index in [-0.39, 0.29) is 11.9 Å². The van der Waals surface area contributed by atoms with E-state index in [4.69, 9.17) is 4.74 Å². The Morgan fingerprint density at radius 1 is 1.38 bits per heavy atom. The average molecular weight is 335 g/mol. The van der Waals surface area contributed by atoms with Gasteiger partial charge in [-0.3, -0.25) is 4.79 Å². The summed E-state index contributed by atoms with van der Waals surface area (Å²) in [6.07, 6.45) is 0.0323. The summed E-state index contributed by atoms with van der Waals surface area (Å²) in [6, 6.07) is 7.46. The molecule has 1 aromatic rings. The normalized spacial score (nSPS) is 20.3. The smallest absolute Gasteiger partial charge is 0.237 e. The van der Waals surface area contributed by atoms with Gasteiger partial charge in [0.05, 0.1) is 12.1 Å². The Hall–Kier alpha value is -1.63. The minimum atomic E-state index is -0.434. The summed E-state index contributed by atoms with van der Waals surface area (Å²) >= 11 is 0. The number of nitrogens with one attached hydrogen (secondary N) is 2. The van der Waals surface area contributed by atoms with E-state index in [1.54, 1.807) is 0 Å². The number of hydrogen-bond donors (Lipinski definition) is 3. The van der Waals surface area contributed by atoms with Crippen LogP contribution < -0.4 is 15.4 Å². The highest BCUT2D eigenvalue weighted by Gasteiger charge is 2.27. The Bertz CT molecular complexity index is 520. The average Bonchev–Trinajstić information content (AvgIpc) is 3.04. The quantitative estimate of drug-likeness (QED) is 0.621. The number of ether oxygens (including phenoxy) is 1. The topological polar surface area (TPSA) is 73.8 Å². The number of carbonyl (C=O) groups excluding carboxylic acids is 1. The highest BCUT2D eigenvalue weighted by Crippen LogP contribution is 2.18. The van der Waals surface area contributed by atoms with Crippen molar-refractivity contribution in [3.63, 3.8) is 0 Å². The molecular weight excluding hydrogens is 306 g/mol. The number of para-hydroxylation sites is 1. The number of carbonyl (C=O) groups is 1. The van der Waals surface area contributed by atoms with E-state index in [1.807, 2.05) is 24.3 Å². The van der Waals surface area contributed by atoms with Crippen molar-refractivity contribution in [2.24, 2.45) is 0 Å². The van der Waals surface area contributed by atoms with Gasteiger partial charge in [0.15, 0.2) is 0 Å². The molecule has 1 aliphatic rings. The first-order valence-corrected chi connectivity index (χ1v) is 8.76. The molecule has 1 aromatic carbocycles. The molecule has 1 heterocycles. The molecule has 6 nitrogen and oxygen atoms in total. The van der Waals surface area contributed by atoms with Crippen LogP contribution in [0.1, 0.15) is 25.8 Å². The van der Waals surface area contributed by atoms with Crippen LogP contribution in [0.15, 0.2) is 24.3 Å². The first-order valence-electron chi connectivity index (χ1n) is 8.76. The van der Waals surface area contributed by atoms with Crippen molar-refractivity contribution >= 4 is 5.91 Å². The van der Waals surface area contributed by atoms with Crippen LogP contribution in [0.4, 0.5) is 0 Å². The predicted molar refractivity (Wildman–Crippen MR) is 94.0 cm³/mol. The number of hydrogen-bond acceptors (Lipinski definition) is 5. The van der Waals surface area contributed by atoms with E-state index < -0.39 is 6.10 Å². The fourth-order valence-electron chi connectivity index (χ4n) is 2.84. The van der Waals surface area contributed by atoms with Gasteiger partial charge < -0.3 is 25.4 Å². The molecule has 1 fully saturated rings. The lowest BCUT2D eigenvalue weighted by Crippen LogP contribution is -2.40. The summed E-state index contributed by atoms with van der Waals surface area (Å²) in [5.74, 6) is 0.730. The van der Waals surface area contributed by atoms with Gasteiger partial charge in [-0.1, -0.05) is 32.0 Å². The molecule has 3 N–H and O–H groups in total. The molecule has 134 valence electrons. The Morgan fingerprint density at radius 2 is 2.12 bits per heavy atom. The van der Waals surface area contributed by atoms with Crippen LogP contribution in [0, 0.1) is 0 Å². The number of amides is 1. The van der Waals surface area contributed by atoms with Crippen LogP contribution in [0.25, 0.3) is 0 Å². The second kappa shape index (κ2) is 9.61. The van der Waals surface area contributed by atoms with Crippen molar-refractivity contribution < 1.29 is 14.6 Å². The van der Waals surface area contributed by atoms with E-state index >= 15 is 0 Å². The molecule has 24 heavy (non-hydrogen) atoms. The van der Waals surface area contributed by atoms with Gasteiger partial charge in [0, 0.05) is 25.2 Å². The van der Waals surface area contributed by atoms with Gasteiger partial charge in [-0.2, -0.15) is 0 Å². The first kappa shape index (κ1) is 18.7. The maximum Gasteiger partial charge on any atom is 0.237 e. The summed E-state index contributed by atoms with van der Waals surface area (Å²) in [6.45, 7) is 8.72. The number of rotatable bonds is 9. The first-order chi connectivity index (χ1) is 11.6. The van der Waals surface area contributed by atoms with Crippen LogP contribution in [0.2, 0.25) is 0 Å². The number of benzene rings is 1. The molecule has 0 radical (unpaired) electrons. The lowest BCUT2D eigenvalue weighted by atomic mass is 10.1. The fourth-order valence-corrected chi connectivity index (χ4v) is 2.84.